The van der Waals surface area contributed by atoms with Crippen LogP contribution in [0.5, 0.6) is 0 Å². The van der Waals surface area contributed by atoms with Crippen LogP contribution < -0.4 is 15.5 Å². The lowest BCUT2D eigenvalue weighted by Gasteiger charge is -2.20. The molecule has 1 saturated heterocycles. The van der Waals surface area contributed by atoms with E-state index in [1.54, 1.807) is 0 Å². The normalized spacial score (nSPS) is 18.3. The first-order chi connectivity index (χ1) is 11.2. The van der Waals surface area contributed by atoms with Crippen LogP contribution in [0, 0.1) is 0 Å². The van der Waals surface area contributed by atoms with Crippen LogP contribution in [-0.4, -0.2) is 41.9 Å². The quantitative estimate of drug-likeness (QED) is 0.661. The Bertz CT molecular complexity index is 648. The van der Waals surface area contributed by atoms with Gasteiger partial charge in [0.15, 0.2) is 5.96 Å². The SMILES string of the molecule is CN=C(NCc1cnn(C)c1)NC1CCN(c2ccccc2)C1. The molecule has 1 aliphatic rings. The number of nitrogens with zero attached hydrogens (tertiary/aromatic N) is 4. The molecule has 2 N–H and O–H groups in total. The molecule has 1 atom stereocenters. The molecule has 6 heteroatoms. The number of rotatable bonds is 4. The maximum absolute atomic E-state index is 4.32. The van der Waals surface area contributed by atoms with E-state index in [0.717, 1.165) is 37.6 Å². The zero-order valence-corrected chi connectivity index (χ0v) is 13.7. The summed E-state index contributed by atoms with van der Waals surface area (Å²) in [5.41, 5.74) is 2.43. The molecule has 6 nitrogen and oxygen atoms in total. The van der Waals surface area contributed by atoms with Crippen molar-refractivity contribution in [2.45, 2.75) is 19.0 Å². The van der Waals surface area contributed by atoms with Gasteiger partial charge in [-0.05, 0) is 18.6 Å². The van der Waals surface area contributed by atoms with Crippen molar-refractivity contribution >= 4 is 11.6 Å². The molecule has 1 aromatic carbocycles. The Kier molecular flexibility index (Phi) is 4.80. The molecule has 0 aliphatic carbocycles. The van der Waals surface area contributed by atoms with Crippen molar-refractivity contribution in [1.82, 2.24) is 20.4 Å². The maximum atomic E-state index is 4.32. The molecule has 0 amide bonds. The van der Waals surface area contributed by atoms with Gasteiger partial charge in [0.1, 0.15) is 0 Å². The van der Waals surface area contributed by atoms with E-state index in [0.29, 0.717) is 6.04 Å². The predicted molar refractivity (Wildman–Crippen MR) is 93.6 cm³/mol. The van der Waals surface area contributed by atoms with E-state index in [9.17, 15) is 0 Å². The van der Waals surface area contributed by atoms with Gasteiger partial charge < -0.3 is 15.5 Å². The fraction of sp³-hybridized carbons (Fsp3) is 0.412. The molecule has 1 aliphatic heterocycles. The Labute approximate surface area is 137 Å². The molecule has 23 heavy (non-hydrogen) atoms. The van der Waals surface area contributed by atoms with Gasteiger partial charge in [-0.1, -0.05) is 18.2 Å². The number of anilines is 1. The highest BCUT2D eigenvalue weighted by molar-refractivity contribution is 5.80. The molecule has 122 valence electrons. The van der Waals surface area contributed by atoms with Gasteiger partial charge in [-0.15, -0.1) is 0 Å². The molecule has 0 saturated carbocycles. The minimum atomic E-state index is 0.412. The molecule has 0 spiro atoms. The summed E-state index contributed by atoms with van der Waals surface area (Å²) in [4.78, 5) is 6.73. The molecule has 2 aromatic rings. The molecule has 1 fully saturated rings. The van der Waals surface area contributed by atoms with Crippen LogP contribution >= 0.6 is 0 Å². The number of guanidine groups is 1. The van der Waals surface area contributed by atoms with E-state index in [2.05, 4.69) is 56.0 Å². The lowest BCUT2D eigenvalue weighted by molar-refractivity contribution is 0.648. The number of aliphatic imine (C=N–C) groups is 1. The van der Waals surface area contributed by atoms with Gasteiger partial charge in [-0.3, -0.25) is 9.67 Å². The second kappa shape index (κ2) is 7.17. The van der Waals surface area contributed by atoms with Crippen molar-refractivity contribution in [3.8, 4) is 0 Å². The van der Waals surface area contributed by atoms with Crippen molar-refractivity contribution in [3.63, 3.8) is 0 Å². The largest absolute Gasteiger partial charge is 0.369 e. The summed E-state index contributed by atoms with van der Waals surface area (Å²) in [7, 11) is 3.73. The van der Waals surface area contributed by atoms with Gasteiger partial charge >= 0.3 is 0 Å². The molecule has 2 heterocycles. The first-order valence-corrected chi connectivity index (χ1v) is 7.99. The first-order valence-electron chi connectivity index (χ1n) is 7.99. The summed E-state index contributed by atoms with van der Waals surface area (Å²) in [5.74, 6) is 0.841. The zero-order chi connectivity index (χ0) is 16.1. The summed E-state index contributed by atoms with van der Waals surface area (Å²) in [6.45, 7) is 2.79. The van der Waals surface area contributed by atoms with Crippen LogP contribution in [0.3, 0.4) is 0 Å². The highest BCUT2D eigenvalue weighted by Crippen LogP contribution is 2.19. The molecule has 3 rings (SSSR count). The third-order valence-electron chi connectivity index (χ3n) is 4.09. The average Bonchev–Trinajstić information content (AvgIpc) is 3.21. The van der Waals surface area contributed by atoms with Crippen molar-refractivity contribution in [2.24, 2.45) is 12.0 Å². The lowest BCUT2D eigenvalue weighted by atomic mass is 10.2. The predicted octanol–water partition coefficient (Wildman–Crippen LogP) is 1.36. The smallest absolute Gasteiger partial charge is 0.191 e. The number of aromatic nitrogens is 2. The van der Waals surface area contributed by atoms with Crippen LogP contribution in [0.4, 0.5) is 5.69 Å². The van der Waals surface area contributed by atoms with E-state index in [4.69, 9.17) is 0 Å². The van der Waals surface area contributed by atoms with Crippen LogP contribution in [0.1, 0.15) is 12.0 Å². The number of para-hydroxylation sites is 1. The third-order valence-corrected chi connectivity index (χ3v) is 4.09. The number of hydrogen-bond acceptors (Lipinski definition) is 3. The van der Waals surface area contributed by atoms with Gasteiger partial charge in [0.25, 0.3) is 0 Å². The Balaban J connectivity index is 1.50. The summed E-state index contributed by atoms with van der Waals surface area (Å²) < 4.78 is 1.81. The van der Waals surface area contributed by atoms with E-state index in [-0.39, 0.29) is 0 Å². The summed E-state index contributed by atoms with van der Waals surface area (Å²) in [6.07, 6.45) is 4.99. The van der Waals surface area contributed by atoms with Gasteiger partial charge in [0, 0.05) is 57.2 Å². The Morgan fingerprint density at radius 1 is 1.35 bits per heavy atom. The minimum absolute atomic E-state index is 0.412. The second-order valence-corrected chi connectivity index (χ2v) is 5.86. The topological polar surface area (TPSA) is 57.5 Å². The van der Waals surface area contributed by atoms with Crippen LogP contribution in [0.25, 0.3) is 0 Å². The second-order valence-electron chi connectivity index (χ2n) is 5.86. The highest BCUT2D eigenvalue weighted by Gasteiger charge is 2.23. The Morgan fingerprint density at radius 3 is 2.87 bits per heavy atom. The first kappa shape index (κ1) is 15.4. The van der Waals surface area contributed by atoms with Crippen LogP contribution in [-0.2, 0) is 13.6 Å². The number of nitrogens with one attached hydrogen (secondary N) is 2. The summed E-state index contributed by atoms with van der Waals surface area (Å²) >= 11 is 0. The maximum Gasteiger partial charge on any atom is 0.191 e. The third kappa shape index (κ3) is 4.03. The van der Waals surface area contributed by atoms with Gasteiger partial charge in [0.2, 0.25) is 0 Å². The van der Waals surface area contributed by atoms with Crippen molar-refractivity contribution in [3.05, 3.63) is 48.3 Å². The Morgan fingerprint density at radius 2 is 2.17 bits per heavy atom. The summed E-state index contributed by atoms with van der Waals surface area (Å²) in [6, 6.07) is 11.0. The molecule has 0 bridgehead atoms. The standard InChI is InChI=1S/C17H24N6/c1-18-17(19-10-14-11-20-22(2)12-14)21-15-8-9-23(13-15)16-6-4-3-5-7-16/h3-7,11-12,15H,8-10,13H2,1-2H3,(H2,18,19,21). The van der Waals surface area contributed by atoms with Crippen molar-refractivity contribution in [2.75, 3.05) is 25.0 Å². The van der Waals surface area contributed by atoms with Crippen LogP contribution in [0.15, 0.2) is 47.7 Å². The van der Waals surface area contributed by atoms with Crippen molar-refractivity contribution < 1.29 is 0 Å². The molecular weight excluding hydrogens is 288 g/mol. The Hall–Kier alpha value is -2.50. The minimum Gasteiger partial charge on any atom is -0.369 e. The van der Waals surface area contributed by atoms with E-state index < -0.39 is 0 Å². The number of aryl methyl sites for hydroxylation is 1. The van der Waals surface area contributed by atoms with Gasteiger partial charge in [-0.25, -0.2) is 0 Å². The fourth-order valence-electron chi connectivity index (χ4n) is 2.89. The van der Waals surface area contributed by atoms with E-state index in [1.165, 1.54) is 5.69 Å². The van der Waals surface area contributed by atoms with E-state index in [1.807, 2.05) is 31.2 Å². The number of benzene rings is 1. The van der Waals surface area contributed by atoms with Crippen LogP contribution in [0.2, 0.25) is 0 Å². The van der Waals surface area contributed by atoms with E-state index >= 15 is 0 Å². The fourth-order valence-corrected chi connectivity index (χ4v) is 2.89. The highest BCUT2D eigenvalue weighted by atomic mass is 15.3. The van der Waals surface area contributed by atoms with Gasteiger partial charge in [-0.2, -0.15) is 5.10 Å². The average molecular weight is 312 g/mol. The molecule has 1 unspecified atom stereocenters. The van der Waals surface area contributed by atoms with Gasteiger partial charge in [0.05, 0.1) is 6.20 Å². The monoisotopic (exact) mass is 312 g/mol. The molecule has 0 radical (unpaired) electrons. The molecular formula is C17H24N6. The van der Waals surface area contributed by atoms with Crippen molar-refractivity contribution in [1.29, 1.82) is 0 Å². The number of hydrogen-bond donors (Lipinski definition) is 2. The molecule has 1 aromatic heterocycles. The summed E-state index contributed by atoms with van der Waals surface area (Å²) in [5, 5.41) is 11.0. The lowest BCUT2D eigenvalue weighted by Crippen LogP contribution is -2.44. The zero-order valence-electron chi connectivity index (χ0n) is 13.7.